The maximum absolute atomic E-state index is 11.8. The third-order valence-electron chi connectivity index (χ3n) is 3.06. The fourth-order valence-electron chi connectivity index (χ4n) is 1.96. The van der Waals surface area contributed by atoms with Crippen LogP contribution in [0.1, 0.15) is 19.4 Å². The molecule has 0 atom stereocenters. The van der Waals surface area contributed by atoms with E-state index >= 15 is 0 Å². The van der Waals surface area contributed by atoms with E-state index in [4.69, 9.17) is 14.2 Å². The van der Waals surface area contributed by atoms with Gasteiger partial charge in [-0.25, -0.2) is 0 Å². The maximum Gasteiger partial charge on any atom is 0.310 e. The van der Waals surface area contributed by atoms with E-state index in [0.717, 1.165) is 0 Å². The van der Waals surface area contributed by atoms with Crippen molar-refractivity contribution in [3.63, 3.8) is 0 Å². The lowest BCUT2D eigenvalue weighted by molar-refractivity contribution is -0.147. The van der Waals surface area contributed by atoms with Gasteiger partial charge in [0, 0.05) is 6.04 Å². The van der Waals surface area contributed by atoms with Gasteiger partial charge in [-0.1, -0.05) is 6.07 Å². The van der Waals surface area contributed by atoms with Crippen molar-refractivity contribution in [3.8, 4) is 11.5 Å². The maximum atomic E-state index is 11.8. The van der Waals surface area contributed by atoms with Crippen LogP contribution in [0.5, 0.6) is 11.5 Å². The molecule has 0 heterocycles. The van der Waals surface area contributed by atoms with Gasteiger partial charge >= 0.3 is 5.97 Å². The first kappa shape index (κ1) is 20.3. The van der Waals surface area contributed by atoms with Crippen molar-refractivity contribution in [3.05, 3.63) is 23.8 Å². The van der Waals surface area contributed by atoms with Crippen LogP contribution in [0, 0.1) is 0 Å². The van der Waals surface area contributed by atoms with Crippen molar-refractivity contribution in [2.45, 2.75) is 26.3 Å². The van der Waals surface area contributed by atoms with Crippen LogP contribution < -0.4 is 20.1 Å². The number of hydrogen-bond donors (Lipinski definition) is 2. The Kier molecular flexibility index (Phi) is 8.25. The standard InChI is InChI=1S/C17H24N2O6/c1-11(2)19-15(20)9-18-16(21)10-25-17(22)8-12-5-6-13(23-3)14(7-12)24-4/h5-7,11H,8-10H2,1-4H3,(H,18,21)(H,19,20). The molecule has 0 aromatic heterocycles. The molecule has 8 heteroatoms. The van der Waals surface area contributed by atoms with E-state index in [0.29, 0.717) is 17.1 Å². The molecule has 1 aromatic carbocycles. The number of rotatable bonds is 9. The van der Waals surface area contributed by atoms with Crippen molar-refractivity contribution in [1.29, 1.82) is 0 Å². The van der Waals surface area contributed by atoms with Crippen LogP contribution >= 0.6 is 0 Å². The molecule has 138 valence electrons. The number of ether oxygens (including phenoxy) is 3. The summed E-state index contributed by atoms with van der Waals surface area (Å²) in [5, 5.41) is 5.01. The Morgan fingerprint density at radius 3 is 2.32 bits per heavy atom. The lowest BCUT2D eigenvalue weighted by atomic mass is 10.1. The summed E-state index contributed by atoms with van der Waals surface area (Å²) in [4.78, 5) is 34.8. The Hall–Kier alpha value is -2.77. The van der Waals surface area contributed by atoms with Crippen LogP contribution in [0.2, 0.25) is 0 Å². The third-order valence-corrected chi connectivity index (χ3v) is 3.06. The number of methoxy groups -OCH3 is 2. The Labute approximate surface area is 146 Å². The first-order chi connectivity index (χ1) is 11.8. The fraction of sp³-hybridized carbons (Fsp3) is 0.471. The average Bonchev–Trinajstić information content (AvgIpc) is 2.57. The van der Waals surface area contributed by atoms with Crippen LogP contribution in [0.25, 0.3) is 0 Å². The lowest BCUT2D eigenvalue weighted by Gasteiger charge is -2.10. The molecular weight excluding hydrogens is 328 g/mol. The summed E-state index contributed by atoms with van der Waals surface area (Å²) in [7, 11) is 3.02. The number of carbonyl (C=O) groups is 3. The van der Waals surface area contributed by atoms with Gasteiger partial charge in [0.2, 0.25) is 5.91 Å². The smallest absolute Gasteiger partial charge is 0.310 e. The van der Waals surface area contributed by atoms with Gasteiger partial charge in [0.25, 0.3) is 5.91 Å². The number of esters is 1. The highest BCUT2D eigenvalue weighted by atomic mass is 16.5. The number of benzene rings is 1. The van der Waals surface area contributed by atoms with Crippen molar-refractivity contribution in [2.24, 2.45) is 0 Å². The van der Waals surface area contributed by atoms with E-state index in [9.17, 15) is 14.4 Å². The molecule has 2 amide bonds. The van der Waals surface area contributed by atoms with Gasteiger partial charge in [0.05, 0.1) is 27.2 Å². The summed E-state index contributed by atoms with van der Waals surface area (Å²) in [6.45, 7) is 3.02. The zero-order chi connectivity index (χ0) is 18.8. The highest BCUT2D eigenvalue weighted by Gasteiger charge is 2.12. The summed E-state index contributed by atoms with van der Waals surface area (Å²) < 4.78 is 15.2. The fourth-order valence-corrected chi connectivity index (χ4v) is 1.96. The quantitative estimate of drug-likeness (QED) is 0.625. The van der Waals surface area contributed by atoms with Crippen molar-refractivity contribution >= 4 is 17.8 Å². The minimum atomic E-state index is -0.561. The Balaban J connectivity index is 2.39. The predicted octanol–water partition coefficient (Wildman–Crippen LogP) is 0.430. The first-order valence-electron chi connectivity index (χ1n) is 7.78. The van der Waals surface area contributed by atoms with Gasteiger partial charge in [0.1, 0.15) is 0 Å². The molecule has 8 nitrogen and oxygen atoms in total. The average molecular weight is 352 g/mol. The topological polar surface area (TPSA) is 103 Å². The molecular formula is C17H24N2O6. The number of hydrogen-bond acceptors (Lipinski definition) is 6. The van der Waals surface area contributed by atoms with Gasteiger partial charge in [0.15, 0.2) is 18.1 Å². The molecule has 1 rings (SSSR count). The Bertz CT molecular complexity index is 615. The summed E-state index contributed by atoms with van der Waals surface area (Å²) in [5.74, 6) is -0.353. The number of amides is 2. The molecule has 0 aliphatic rings. The Morgan fingerprint density at radius 2 is 1.72 bits per heavy atom. The minimum Gasteiger partial charge on any atom is -0.493 e. The molecule has 0 fully saturated rings. The van der Waals surface area contributed by atoms with Gasteiger partial charge in [-0.2, -0.15) is 0 Å². The largest absolute Gasteiger partial charge is 0.493 e. The summed E-state index contributed by atoms with van der Waals surface area (Å²) in [6, 6.07) is 5.04. The highest BCUT2D eigenvalue weighted by Crippen LogP contribution is 2.27. The van der Waals surface area contributed by atoms with E-state index in [1.807, 2.05) is 13.8 Å². The van der Waals surface area contributed by atoms with Gasteiger partial charge in [-0.05, 0) is 31.5 Å². The van der Waals surface area contributed by atoms with Crippen molar-refractivity contribution < 1.29 is 28.6 Å². The second kappa shape index (κ2) is 10.2. The zero-order valence-electron chi connectivity index (χ0n) is 14.9. The van der Waals surface area contributed by atoms with Crippen molar-refractivity contribution in [1.82, 2.24) is 10.6 Å². The number of nitrogens with one attached hydrogen (secondary N) is 2. The molecule has 25 heavy (non-hydrogen) atoms. The summed E-state index contributed by atoms with van der Waals surface area (Å²) >= 11 is 0. The van der Waals surface area contributed by atoms with Gasteiger partial charge in [-0.15, -0.1) is 0 Å². The monoisotopic (exact) mass is 352 g/mol. The highest BCUT2D eigenvalue weighted by molar-refractivity contribution is 5.86. The summed E-state index contributed by atoms with van der Waals surface area (Å²) in [6.07, 6.45) is -0.0124. The summed E-state index contributed by atoms with van der Waals surface area (Å²) in [5.41, 5.74) is 0.666. The van der Waals surface area contributed by atoms with Crippen LogP contribution in [0.3, 0.4) is 0 Å². The van der Waals surface area contributed by atoms with E-state index in [2.05, 4.69) is 10.6 Å². The molecule has 0 saturated carbocycles. The molecule has 0 aliphatic carbocycles. The molecule has 1 aromatic rings. The molecule has 0 saturated heterocycles. The third kappa shape index (κ3) is 7.56. The second-order valence-corrected chi connectivity index (χ2v) is 5.53. The normalized spacial score (nSPS) is 10.1. The van der Waals surface area contributed by atoms with Gasteiger partial charge < -0.3 is 24.8 Å². The Morgan fingerprint density at radius 1 is 1.04 bits per heavy atom. The van der Waals surface area contributed by atoms with Crippen molar-refractivity contribution in [2.75, 3.05) is 27.4 Å². The predicted molar refractivity (Wildman–Crippen MR) is 90.5 cm³/mol. The number of carbonyl (C=O) groups excluding carboxylic acids is 3. The van der Waals surface area contributed by atoms with Crippen LogP contribution in [-0.4, -0.2) is 51.2 Å². The molecule has 0 spiro atoms. The lowest BCUT2D eigenvalue weighted by Crippen LogP contribution is -2.41. The van der Waals surface area contributed by atoms with Crippen LogP contribution in [0.4, 0.5) is 0 Å². The zero-order valence-corrected chi connectivity index (χ0v) is 14.9. The minimum absolute atomic E-state index is 0.0104. The molecule has 2 N–H and O–H groups in total. The molecule has 0 radical (unpaired) electrons. The van der Waals surface area contributed by atoms with Crippen LogP contribution in [0.15, 0.2) is 18.2 Å². The van der Waals surface area contributed by atoms with E-state index in [-0.39, 0.29) is 24.9 Å². The SMILES string of the molecule is COc1ccc(CC(=O)OCC(=O)NCC(=O)NC(C)C)cc1OC. The van der Waals surface area contributed by atoms with Gasteiger partial charge in [-0.3, -0.25) is 14.4 Å². The van der Waals surface area contributed by atoms with E-state index in [1.54, 1.807) is 18.2 Å². The first-order valence-corrected chi connectivity index (χ1v) is 7.78. The molecule has 0 unspecified atom stereocenters. The van der Waals surface area contributed by atoms with E-state index in [1.165, 1.54) is 14.2 Å². The van der Waals surface area contributed by atoms with E-state index < -0.39 is 18.5 Å². The molecule has 0 aliphatic heterocycles. The molecule has 0 bridgehead atoms. The second-order valence-electron chi connectivity index (χ2n) is 5.53. The van der Waals surface area contributed by atoms with Crippen LogP contribution in [-0.2, 0) is 25.5 Å².